The molecule has 1 atom stereocenters. The Morgan fingerprint density at radius 2 is 2.07 bits per heavy atom. The van der Waals surface area contributed by atoms with Crippen LogP contribution in [0.4, 0.5) is 0 Å². The number of thiophene rings is 1. The number of rotatable bonds is 5. The maximum atomic E-state index is 13.3. The number of hydrogen-bond acceptors (Lipinski definition) is 7. The van der Waals surface area contributed by atoms with E-state index in [-0.39, 0.29) is 17.4 Å². The van der Waals surface area contributed by atoms with Crippen molar-refractivity contribution < 1.29 is 14.3 Å². The Kier molecular flexibility index (Phi) is 5.34. The van der Waals surface area contributed by atoms with Gasteiger partial charge in [-0.05, 0) is 37.7 Å². The van der Waals surface area contributed by atoms with Crippen molar-refractivity contribution in [3.05, 3.63) is 20.8 Å². The molecule has 1 fully saturated rings. The number of thioether (sulfide) groups is 1. The summed E-state index contributed by atoms with van der Waals surface area (Å²) >= 11 is 2.87. The number of ether oxygens (including phenoxy) is 1. The highest BCUT2D eigenvalue weighted by Crippen LogP contribution is 2.35. The smallest absolute Gasteiger partial charge is 0.263 e. The van der Waals surface area contributed by atoms with Crippen LogP contribution < -0.4 is 10.9 Å². The Labute approximate surface area is 164 Å². The van der Waals surface area contributed by atoms with Crippen LogP contribution in [0.1, 0.15) is 36.1 Å². The quantitative estimate of drug-likeness (QED) is 0.601. The first-order valence-corrected chi connectivity index (χ1v) is 10.8. The summed E-state index contributed by atoms with van der Waals surface area (Å²) in [5, 5.41) is 3.21. The van der Waals surface area contributed by atoms with Crippen molar-refractivity contribution in [3.8, 4) is 0 Å². The number of nitrogens with zero attached hydrogens (tertiary/aromatic N) is 2. The summed E-state index contributed by atoms with van der Waals surface area (Å²) < 4.78 is 6.80. The number of aryl methyl sites for hydroxylation is 2. The van der Waals surface area contributed by atoms with Crippen molar-refractivity contribution in [2.45, 2.75) is 55.5 Å². The van der Waals surface area contributed by atoms with E-state index >= 15 is 0 Å². The Bertz CT molecular complexity index is 966. The molecule has 1 saturated heterocycles. The van der Waals surface area contributed by atoms with E-state index in [0.29, 0.717) is 31.1 Å². The number of nitrogens with one attached hydrogen (secondary N) is 1. The van der Waals surface area contributed by atoms with E-state index in [2.05, 4.69) is 5.32 Å². The highest BCUT2D eigenvalue weighted by atomic mass is 32.2. The van der Waals surface area contributed by atoms with Crippen LogP contribution in [0.5, 0.6) is 0 Å². The summed E-state index contributed by atoms with van der Waals surface area (Å²) in [6, 6.07) is 0. The van der Waals surface area contributed by atoms with Gasteiger partial charge in [0.25, 0.3) is 5.56 Å². The third-order valence-electron chi connectivity index (χ3n) is 5.00. The molecule has 0 spiro atoms. The molecule has 3 heterocycles. The normalized spacial score (nSPS) is 20.0. The number of carbonyl (C=O) groups excluding carboxylic acids is 2. The standard InChI is InChI=1S/C18H21N3O4S2/c1-25-9-8-21-17(24)14-10-4-2-3-5-11(10)26-16(14)20-18(21)27-12-6-7-13(22)19-15(12)23/h12H,2-9H2,1H3,(H,19,22,23)/t12-/m1/s1. The van der Waals surface area contributed by atoms with Crippen LogP contribution in [-0.4, -0.2) is 40.3 Å². The van der Waals surface area contributed by atoms with Gasteiger partial charge in [-0.3, -0.25) is 24.3 Å². The topological polar surface area (TPSA) is 90.3 Å². The molecule has 0 bridgehead atoms. The molecule has 0 unspecified atom stereocenters. The zero-order valence-electron chi connectivity index (χ0n) is 15.1. The van der Waals surface area contributed by atoms with Crippen LogP contribution >= 0.6 is 23.1 Å². The molecule has 2 amide bonds. The molecular formula is C18H21N3O4S2. The molecule has 4 rings (SSSR count). The highest BCUT2D eigenvalue weighted by molar-refractivity contribution is 8.00. The fourth-order valence-corrected chi connectivity index (χ4v) is 6.01. The number of carbonyl (C=O) groups is 2. The van der Waals surface area contributed by atoms with Crippen molar-refractivity contribution in [2.75, 3.05) is 13.7 Å². The summed E-state index contributed by atoms with van der Waals surface area (Å²) in [6.07, 6.45) is 4.94. The number of imide groups is 1. The monoisotopic (exact) mass is 407 g/mol. The number of methoxy groups -OCH3 is 1. The average Bonchev–Trinajstić information content (AvgIpc) is 3.02. The van der Waals surface area contributed by atoms with Crippen LogP contribution in [0.3, 0.4) is 0 Å². The van der Waals surface area contributed by atoms with Crippen molar-refractivity contribution in [3.63, 3.8) is 0 Å². The molecule has 2 aromatic heterocycles. The van der Waals surface area contributed by atoms with Gasteiger partial charge in [0.2, 0.25) is 11.8 Å². The maximum absolute atomic E-state index is 13.3. The predicted molar refractivity (Wildman–Crippen MR) is 104 cm³/mol. The van der Waals surface area contributed by atoms with Gasteiger partial charge in [0.05, 0.1) is 23.8 Å². The second-order valence-corrected chi connectivity index (χ2v) is 9.05. The van der Waals surface area contributed by atoms with E-state index in [9.17, 15) is 14.4 Å². The fraction of sp³-hybridized carbons (Fsp3) is 0.556. The molecule has 0 radical (unpaired) electrons. The maximum Gasteiger partial charge on any atom is 0.263 e. The molecule has 1 aliphatic heterocycles. The number of fused-ring (bicyclic) bond motifs is 3. The molecule has 0 saturated carbocycles. The van der Waals surface area contributed by atoms with Gasteiger partial charge in [-0.2, -0.15) is 0 Å². The zero-order chi connectivity index (χ0) is 19.0. The third-order valence-corrected chi connectivity index (χ3v) is 7.44. The summed E-state index contributed by atoms with van der Waals surface area (Å²) in [7, 11) is 1.59. The van der Waals surface area contributed by atoms with Crippen LogP contribution in [0.2, 0.25) is 0 Å². The fourth-order valence-electron chi connectivity index (χ4n) is 3.60. The lowest BCUT2D eigenvalue weighted by atomic mass is 9.97. The molecule has 144 valence electrons. The SMILES string of the molecule is COCCn1c(S[C@@H]2CCC(=O)NC2=O)nc2sc3c(c2c1=O)CCCC3. The first-order valence-electron chi connectivity index (χ1n) is 9.13. The van der Waals surface area contributed by atoms with Gasteiger partial charge in [-0.25, -0.2) is 4.98 Å². The number of amides is 2. The molecule has 9 heteroatoms. The van der Waals surface area contributed by atoms with Crippen LogP contribution in [0.15, 0.2) is 9.95 Å². The van der Waals surface area contributed by atoms with E-state index in [1.807, 2.05) is 0 Å². The Hall–Kier alpha value is -1.71. The molecule has 1 aliphatic carbocycles. The summed E-state index contributed by atoms with van der Waals surface area (Å²) in [5.41, 5.74) is 1.11. The van der Waals surface area contributed by atoms with Gasteiger partial charge >= 0.3 is 0 Å². The third kappa shape index (κ3) is 3.55. The molecule has 1 N–H and O–H groups in total. The van der Waals surface area contributed by atoms with Gasteiger partial charge in [0.15, 0.2) is 5.16 Å². The lowest BCUT2D eigenvalue weighted by Crippen LogP contribution is -2.42. The summed E-state index contributed by atoms with van der Waals surface area (Å²) in [6.45, 7) is 0.779. The molecule has 0 aromatic carbocycles. The molecule has 2 aromatic rings. The Balaban J connectivity index is 1.77. The van der Waals surface area contributed by atoms with E-state index in [1.54, 1.807) is 23.0 Å². The second-order valence-electron chi connectivity index (χ2n) is 6.79. The minimum absolute atomic E-state index is 0.0498. The van der Waals surface area contributed by atoms with Gasteiger partial charge in [0, 0.05) is 18.4 Å². The molecular weight excluding hydrogens is 386 g/mol. The highest BCUT2D eigenvalue weighted by Gasteiger charge is 2.30. The van der Waals surface area contributed by atoms with Crippen LogP contribution in [-0.2, 0) is 33.7 Å². The van der Waals surface area contributed by atoms with Gasteiger partial charge in [-0.15, -0.1) is 11.3 Å². The van der Waals surface area contributed by atoms with Gasteiger partial charge < -0.3 is 4.74 Å². The summed E-state index contributed by atoms with van der Waals surface area (Å²) in [4.78, 5) is 43.6. The van der Waals surface area contributed by atoms with Crippen LogP contribution in [0, 0.1) is 0 Å². The summed E-state index contributed by atoms with van der Waals surface area (Å²) in [5.74, 6) is -0.558. The molecule has 27 heavy (non-hydrogen) atoms. The lowest BCUT2D eigenvalue weighted by molar-refractivity contribution is -0.132. The van der Waals surface area contributed by atoms with Crippen molar-refractivity contribution in [2.24, 2.45) is 0 Å². The van der Waals surface area contributed by atoms with Crippen molar-refractivity contribution in [1.82, 2.24) is 14.9 Å². The Morgan fingerprint density at radius 1 is 1.26 bits per heavy atom. The largest absolute Gasteiger partial charge is 0.383 e. The molecule has 2 aliphatic rings. The second kappa shape index (κ2) is 7.73. The van der Waals surface area contributed by atoms with E-state index in [1.165, 1.54) is 16.6 Å². The number of piperidine rings is 1. The first kappa shape index (κ1) is 18.6. The predicted octanol–water partition coefficient (Wildman–Crippen LogP) is 1.88. The van der Waals surface area contributed by atoms with E-state index in [0.717, 1.165) is 41.5 Å². The average molecular weight is 408 g/mol. The van der Waals surface area contributed by atoms with Crippen LogP contribution in [0.25, 0.3) is 10.2 Å². The lowest BCUT2D eigenvalue weighted by Gasteiger charge is -2.21. The minimum Gasteiger partial charge on any atom is -0.383 e. The number of aromatic nitrogens is 2. The minimum atomic E-state index is -0.421. The van der Waals surface area contributed by atoms with Gasteiger partial charge in [0.1, 0.15) is 4.83 Å². The van der Waals surface area contributed by atoms with E-state index < -0.39 is 5.25 Å². The first-order chi connectivity index (χ1) is 13.1. The zero-order valence-corrected chi connectivity index (χ0v) is 16.7. The van der Waals surface area contributed by atoms with Crippen molar-refractivity contribution >= 4 is 45.1 Å². The van der Waals surface area contributed by atoms with E-state index in [4.69, 9.17) is 9.72 Å². The Morgan fingerprint density at radius 3 is 2.85 bits per heavy atom. The van der Waals surface area contributed by atoms with Gasteiger partial charge in [-0.1, -0.05) is 11.8 Å². The number of hydrogen-bond donors (Lipinski definition) is 1. The van der Waals surface area contributed by atoms with Crippen molar-refractivity contribution in [1.29, 1.82) is 0 Å². The molecule has 7 nitrogen and oxygen atoms in total.